The van der Waals surface area contributed by atoms with E-state index in [2.05, 4.69) is 146 Å². The van der Waals surface area contributed by atoms with Crippen molar-refractivity contribution in [3.8, 4) is 0 Å². The van der Waals surface area contributed by atoms with E-state index in [1.165, 1.54) is 33.1 Å². The Bertz CT molecular complexity index is 1180. The quantitative estimate of drug-likeness (QED) is 0.265. The number of allylic oxidation sites excluding steroid dienone is 4. The Kier molecular flexibility index (Phi) is 12.3. The number of rotatable bonds is 6. The molecule has 0 bridgehead atoms. The molecule has 1 atom stereocenters. The van der Waals surface area contributed by atoms with Gasteiger partial charge in [0.1, 0.15) is 0 Å². The zero-order valence-electron chi connectivity index (χ0n) is 22.0. The molecule has 36 heavy (non-hydrogen) atoms. The second-order valence-corrected chi connectivity index (χ2v) is 19.8. The van der Waals surface area contributed by atoms with Crippen LogP contribution in [0.3, 0.4) is 0 Å². The summed E-state index contributed by atoms with van der Waals surface area (Å²) >= 11 is 2.52. The molecule has 3 aromatic rings. The minimum atomic E-state index is -1.43. The standard InChI is InChI=1S/C30H35Si2.3ClH.Ti/c1-22-23(2)29(30(24(22)3)25-14-13-19-28(20-25)32(4,5)6)21-31(26-15-9-7-10-16-26)27-17-11-8-12-18-27;;;;/h7-20,31H,21H2,1-6H3;3*1H;/q;;;;+3/p-3. The van der Waals surface area contributed by atoms with E-state index >= 15 is 0 Å². The van der Waals surface area contributed by atoms with Gasteiger partial charge in [-0.05, 0) is 0 Å². The summed E-state index contributed by atoms with van der Waals surface area (Å²) in [6, 6.07) is 33.3. The first kappa shape index (κ1) is 33.2. The van der Waals surface area contributed by atoms with Crippen molar-refractivity contribution < 1.29 is 57.7 Å². The first-order valence-corrected chi connectivity index (χ1v) is 18.2. The monoisotopic (exact) mass is 604 g/mol. The van der Waals surface area contributed by atoms with Crippen molar-refractivity contribution in [2.24, 2.45) is 0 Å². The molecule has 4 rings (SSSR count). The van der Waals surface area contributed by atoms with Gasteiger partial charge in [-0.25, -0.2) is 0 Å². The number of hydrogen-bond acceptors (Lipinski definition) is 0. The number of benzene rings is 3. The third-order valence-electron chi connectivity index (χ3n) is 7.50. The first-order valence-electron chi connectivity index (χ1n) is 12.0. The summed E-state index contributed by atoms with van der Waals surface area (Å²) in [6.07, 6.45) is 0. The Balaban J connectivity index is 0.00000216. The third kappa shape index (κ3) is 6.59. The predicted molar refractivity (Wildman–Crippen MR) is 147 cm³/mol. The Morgan fingerprint density at radius 3 is 1.67 bits per heavy atom. The van der Waals surface area contributed by atoms with Gasteiger partial charge in [-0.15, -0.1) is 0 Å². The summed E-state index contributed by atoms with van der Waals surface area (Å²) in [5.41, 5.74) is 7.51. The van der Waals surface area contributed by atoms with Gasteiger partial charge in [-0.3, -0.25) is 0 Å². The number of halogens is 3. The summed E-state index contributed by atoms with van der Waals surface area (Å²) in [5, 5.41) is 4.62. The maximum absolute atomic E-state index is 2.52. The van der Waals surface area contributed by atoms with Crippen LogP contribution in [-0.2, 0) is 20.4 Å². The molecule has 0 N–H and O–H groups in total. The molecule has 0 saturated heterocycles. The molecular weight excluding hydrogens is 571 g/mol. The van der Waals surface area contributed by atoms with Crippen LogP contribution < -0.4 is 52.8 Å². The van der Waals surface area contributed by atoms with Crippen LogP contribution in [0.4, 0.5) is 0 Å². The smallest absolute Gasteiger partial charge is 1.00 e. The van der Waals surface area contributed by atoms with Crippen molar-refractivity contribution in [2.75, 3.05) is 0 Å². The zero-order chi connectivity index (χ0) is 23.8. The van der Waals surface area contributed by atoms with Crippen LogP contribution in [0.1, 0.15) is 26.3 Å². The van der Waals surface area contributed by atoms with E-state index in [-0.39, 0.29) is 40.9 Å². The van der Waals surface area contributed by atoms with Gasteiger partial charge in [0.05, 0.1) is 0 Å². The van der Waals surface area contributed by atoms with E-state index in [0.29, 0.717) is 0 Å². The van der Waals surface area contributed by atoms with E-state index in [4.69, 9.17) is 0 Å². The second-order valence-electron chi connectivity index (χ2n) is 10.6. The van der Waals surface area contributed by atoms with Crippen molar-refractivity contribution in [3.63, 3.8) is 0 Å². The largest absolute Gasteiger partial charge is 1.00 e. The fourth-order valence-corrected chi connectivity index (χ4v) is 11.6. The molecule has 0 aromatic heterocycles. The van der Waals surface area contributed by atoms with Gasteiger partial charge < -0.3 is 37.2 Å². The normalized spacial score (nSPS) is 17.5. The Morgan fingerprint density at radius 1 is 0.694 bits per heavy atom. The predicted octanol–water partition coefficient (Wildman–Crippen LogP) is -2.89. The minimum Gasteiger partial charge on any atom is -1.00 e. The van der Waals surface area contributed by atoms with Crippen molar-refractivity contribution in [2.45, 2.75) is 50.2 Å². The molecule has 0 amide bonds. The average molecular weight is 606 g/mol. The SMILES string of the molecule is CC1=C(C)[C]([Ti+3])(C[SiH](c2ccccc2)c2ccccc2)C(c2cccc([Si](C)(C)C)c2)=C1C.[Cl-].[Cl-].[Cl-]. The minimum absolute atomic E-state index is 0. The number of hydrogen-bond donors (Lipinski definition) is 0. The van der Waals surface area contributed by atoms with Crippen LogP contribution in [0.25, 0.3) is 5.57 Å². The van der Waals surface area contributed by atoms with Crippen molar-refractivity contribution in [1.29, 1.82) is 0 Å². The van der Waals surface area contributed by atoms with Gasteiger partial charge in [0.25, 0.3) is 0 Å². The zero-order valence-corrected chi connectivity index (χ0v) is 28.0. The Morgan fingerprint density at radius 2 is 1.19 bits per heavy atom. The molecule has 0 aliphatic heterocycles. The maximum atomic E-state index is 2.52. The molecule has 6 heteroatoms. The van der Waals surface area contributed by atoms with E-state index < -0.39 is 16.9 Å². The summed E-state index contributed by atoms with van der Waals surface area (Å²) in [5.74, 6) is 0. The molecule has 1 unspecified atom stereocenters. The molecule has 0 spiro atoms. The molecule has 0 nitrogen and oxygen atoms in total. The fraction of sp³-hybridized carbons (Fsp3) is 0.267. The van der Waals surface area contributed by atoms with Crippen LogP contribution in [0.2, 0.25) is 29.4 Å². The summed E-state index contributed by atoms with van der Waals surface area (Å²) in [7, 11) is -2.81. The van der Waals surface area contributed by atoms with Crippen LogP contribution in [-0.4, -0.2) is 16.9 Å². The molecule has 0 heterocycles. The van der Waals surface area contributed by atoms with Crippen LogP contribution in [0.15, 0.2) is 102 Å². The molecule has 188 valence electrons. The summed E-state index contributed by atoms with van der Waals surface area (Å²) in [4.78, 5) is 0. The van der Waals surface area contributed by atoms with E-state index in [0.717, 1.165) is 0 Å². The molecule has 0 radical (unpaired) electrons. The molecule has 1 aliphatic carbocycles. The summed E-state index contributed by atoms with van der Waals surface area (Å²) in [6.45, 7) is 14.4. The molecule has 1 aliphatic rings. The van der Waals surface area contributed by atoms with Gasteiger partial charge in [0, 0.05) is 0 Å². The topological polar surface area (TPSA) is 0 Å². The van der Waals surface area contributed by atoms with Crippen molar-refractivity contribution >= 4 is 38.0 Å². The van der Waals surface area contributed by atoms with E-state index in [1.54, 1.807) is 16.3 Å². The van der Waals surface area contributed by atoms with Crippen LogP contribution >= 0.6 is 0 Å². The molecular formula is C30H35Cl3Si2Ti. The van der Waals surface area contributed by atoms with Crippen molar-refractivity contribution in [1.82, 2.24) is 0 Å². The summed E-state index contributed by atoms with van der Waals surface area (Å²) < 4.78 is 0.0504. The van der Waals surface area contributed by atoms with Crippen molar-refractivity contribution in [3.05, 3.63) is 107 Å². The van der Waals surface area contributed by atoms with Gasteiger partial charge in [0.2, 0.25) is 0 Å². The van der Waals surface area contributed by atoms with Crippen LogP contribution in [0, 0.1) is 0 Å². The molecule has 0 fully saturated rings. The van der Waals surface area contributed by atoms with Crippen LogP contribution in [0.5, 0.6) is 0 Å². The maximum Gasteiger partial charge on any atom is -1.00 e. The fourth-order valence-electron chi connectivity index (χ4n) is 5.26. The van der Waals surface area contributed by atoms with Gasteiger partial charge in [0.15, 0.2) is 0 Å². The van der Waals surface area contributed by atoms with E-state index in [1.807, 2.05) is 0 Å². The van der Waals surface area contributed by atoms with Gasteiger partial charge in [-0.2, -0.15) is 0 Å². The Hall–Kier alpha value is -0.842. The third-order valence-corrected chi connectivity index (χ3v) is 14.9. The average Bonchev–Trinajstić information content (AvgIpc) is 2.98. The Labute approximate surface area is 251 Å². The van der Waals surface area contributed by atoms with Gasteiger partial charge >= 0.3 is 216 Å². The van der Waals surface area contributed by atoms with E-state index in [9.17, 15) is 0 Å². The molecule has 3 aromatic carbocycles. The molecule has 0 saturated carbocycles. The second kappa shape index (κ2) is 13.3. The first-order chi connectivity index (χ1) is 15.6. The van der Waals surface area contributed by atoms with Gasteiger partial charge in [-0.1, -0.05) is 0 Å².